The fraction of sp³-hybridized carbons (Fsp3) is 0.400. The summed E-state index contributed by atoms with van der Waals surface area (Å²) in [6, 6.07) is 2.29. The second kappa shape index (κ2) is 5.44. The van der Waals surface area contributed by atoms with E-state index >= 15 is 0 Å². The van der Waals surface area contributed by atoms with Crippen LogP contribution in [0, 0.1) is 12.7 Å². The van der Waals surface area contributed by atoms with Crippen LogP contribution in [0.15, 0.2) is 17.0 Å². The Morgan fingerprint density at radius 2 is 2.12 bits per heavy atom. The number of benzene rings is 1. The lowest BCUT2D eigenvalue weighted by atomic mass is 10.2. The van der Waals surface area contributed by atoms with Crippen molar-refractivity contribution in [3.05, 3.63) is 23.5 Å². The van der Waals surface area contributed by atoms with Crippen molar-refractivity contribution in [2.24, 2.45) is 0 Å². The highest BCUT2D eigenvalue weighted by Crippen LogP contribution is 2.20. The van der Waals surface area contributed by atoms with Gasteiger partial charge in [-0.05, 0) is 31.0 Å². The smallest absolute Gasteiger partial charge is 0.240 e. The first-order chi connectivity index (χ1) is 7.88. The van der Waals surface area contributed by atoms with Crippen molar-refractivity contribution >= 4 is 15.7 Å². The maximum Gasteiger partial charge on any atom is 0.240 e. The molecule has 1 aromatic carbocycles. The van der Waals surface area contributed by atoms with Crippen LogP contribution in [-0.4, -0.2) is 26.7 Å². The van der Waals surface area contributed by atoms with Crippen molar-refractivity contribution in [1.82, 2.24) is 4.72 Å². The van der Waals surface area contributed by atoms with Crippen LogP contribution in [0.25, 0.3) is 0 Å². The van der Waals surface area contributed by atoms with Crippen molar-refractivity contribution in [2.45, 2.75) is 18.2 Å². The quantitative estimate of drug-likeness (QED) is 0.528. The average molecular weight is 262 g/mol. The maximum absolute atomic E-state index is 13.2. The molecule has 0 atom stereocenters. The molecular weight excluding hydrogens is 247 g/mol. The fourth-order valence-corrected chi connectivity index (χ4v) is 2.48. The Morgan fingerprint density at radius 1 is 1.47 bits per heavy atom. The average Bonchev–Trinajstić information content (AvgIpc) is 2.25. The van der Waals surface area contributed by atoms with Crippen LogP contribution in [0.2, 0.25) is 0 Å². The van der Waals surface area contributed by atoms with Crippen LogP contribution in [0.1, 0.15) is 12.0 Å². The molecule has 0 radical (unpaired) electrons. The molecule has 4 N–H and O–H groups in total. The Morgan fingerprint density at radius 3 is 2.65 bits per heavy atom. The third kappa shape index (κ3) is 3.39. The fourth-order valence-electron chi connectivity index (χ4n) is 1.29. The Balaban J connectivity index is 2.99. The summed E-state index contributed by atoms with van der Waals surface area (Å²) < 4.78 is 39.0. The highest BCUT2D eigenvalue weighted by molar-refractivity contribution is 7.89. The number of rotatable bonds is 5. The van der Waals surface area contributed by atoms with Gasteiger partial charge in [-0.25, -0.2) is 17.5 Å². The molecule has 0 saturated heterocycles. The van der Waals surface area contributed by atoms with Gasteiger partial charge in [0.1, 0.15) is 5.82 Å². The van der Waals surface area contributed by atoms with Gasteiger partial charge in [0.05, 0.1) is 10.6 Å². The molecule has 0 amide bonds. The molecular formula is C10H15FN2O3S. The summed E-state index contributed by atoms with van der Waals surface area (Å²) in [6.45, 7) is 1.46. The first-order valence-electron chi connectivity index (χ1n) is 5.04. The van der Waals surface area contributed by atoms with Gasteiger partial charge in [-0.15, -0.1) is 0 Å². The molecule has 1 aromatic rings. The predicted octanol–water partition coefficient (Wildman–Crippen LogP) is 0.377. The van der Waals surface area contributed by atoms with Gasteiger partial charge >= 0.3 is 0 Å². The molecule has 0 spiro atoms. The Bertz CT molecular complexity index is 479. The molecule has 0 fully saturated rings. The zero-order valence-corrected chi connectivity index (χ0v) is 10.2. The third-order valence-corrected chi connectivity index (χ3v) is 3.63. The largest absolute Gasteiger partial charge is 0.396 e. The van der Waals surface area contributed by atoms with Gasteiger partial charge in [0.2, 0.25) is 10.0 Å². The molecule has 0 heterocycles. The number of halogens is 1. The van der Waals surface area contributed by atoms with Gasteiger partial charge in [-0.3, -0.25) is 0 Å². The van der Waals surface area contributed by atoms with Crippen molar-refractivity contribution in [1.29, 1.82) is 0 Å². The van der Waals surface area contributed by atoms with E-state index in [0.717, 1.165) is 6.07 Å². The summed E-state index contributed by atoms with van der Waals surface area (Å²) in [5.74, 6) is -0.612. The number of nitrogen functional groups attached to an aromatic ring is 1. The van der Waals surface area contributed by atoms with Crippen LogP contribution in [-0.2, 0) is 10.0 Å². The van der Waals surface area contributed by atoms with Crippen molar-refractivity contribution in [3.63, 3.8) is 0 Å². The summed E-state index contributed by atoms with van der Waals surface area (Å²) in [4.78, 5) is -0.0770. The molecule has 0 aromatic heterocycles. The molecule has 1 rings (SSSR count). The van der Waals surface area contributed by atoms with E-state index in [-0.39, 0.29) is 29.3 Å². The zero-order chi connectivity index (χ0) is 13.1. The lowest BCUT2D eigenvalue weighted by molar-refractivity contribution is 0.289. The summed E-state index contributed by atoms with van der Waals surface area (Å²) >= 11 is 0. The third-order valence-electron chi connectivity index (χ3n) is 2.19. The zero-order valence-electron chi connectivity index (χ0n) is 9.40. The van der Waals surface area contributed by atoms with E-state index in [1.807, 2.05) is 0 Å². The van der Waals surface area contributed by atoms with E-state index in [9.17, 15) is 12.8 Å². The number of hydrogen-bond acceptors (Lipinski definition) is 4. The molecule has 0 saturated carbocycles. The van der Waals surface area contributed by atoms with Gasteiger partial charge in [0.25, 0.3) is 0 Å². The van der Waals surface area contributed by atoms with Crippen LogP contribution < -0.4 is 10.5 Å². The molecule has 96 valence electrons. The van der Waals surface area contributed by atoms with E-state index in [4.69, 9.17) is 10.8 Å². The SMILES string of the molecule is Cc1cc(S(=O)(=O)NCCCO)cc(N)c1F. The van der Waals surface area contributed by atoms with E-state index in [2.05, 4.69) is 4.72 Å². The van der Waals surface area contributed by atoms with E-state index in [1.165, 1.54) is 13.0 Å². The van der Waals surface area contributed by atoms with Gasteiger partial charge in [0, 0.05) is 13.2 Å². The van der Waals surface area contributed by atoms with Crippen LogP contribution in [0.3, 0.4) is 0 Å². The van der Waals surface area contributed by atoms with Crippen LogP contribution in [0.4, 0.5) is 10.1 Å². The topological polar surface area (TPSA) is 92.4 Å². The lowest BCUT2D eigenvalue weighted by Crippen LogP contribution is -2.25. The normalized spacial score (nSPS) is 11.7. The summed E-state index contributed by atoms with van der Waals surface area (Å²) in [5, 5.41) is 8.55. The molecule has 17 heavy (non-hydrogen) atoms. The minimum Gasteiger partial charge on any atom is -0.396 e. The number of hydrogen-bond donors (Lipinski definition) is 3. The monoisotopic (exact) mass is 262 g/mol. The van der Waals surface area contributed by atoms with Crippen molar-refractivity contribution in [3.8, 4) is 0 Å². The first-order valence-corrected chi connectivity index (χ1v) is 6.53. The standard InChI is InChI=1S/C10H15FN2O3S/c1-7-5-8(6-9(12)10(7)11)17(15,16)13-3-2-4-14/h5-6,13-14H,2-4,12H2,1H3. The second-order valence-electron chi connectivity index (χ2n) is 3.62. The number of sulfonamides is 1. The number of nitrogens with one attached hydrogen (secondary N) is 1. The van der Waals surface area contributed by atoms with Crippen LogP contribution >= 0.6 is 0 Å². The second-order valence-corrected chi connectivity index (χ2v) is 5.39. The van der Waals surface area contributed by atoms with E-state index in [1.54, 1.807) is 0 Å². The molecule has 0 bridgehead atoms. The number of aliphatic hydroxyl groups excluding tert-OH is 1. The van der Waals surface area contributed by atoms with Gasteiger partial charge in [0.15, 0.2) is 0 Å². The van der Waals surface area contributed by atoms with Crippen molar-refractivity contribution < 1.29 is 17.9 Å². The van der Waals surface area contributed by atoms with E-state index in [0.29, 0.717) is 6.42 Å². The summed E-state index contributed by atoms with van der Waals surface area (Å²) in [6.07, 6.45) is 0.314. The Hall–Kier alpha value is -1.18. The minimum atomic E-state index is -3.70. The minimum absolute atomic E-state index is 0.0770. The predicted molar refractivity (Wildman–Crippen MR) is 62.4 cm³/mol. The Labute approximate surface area is 99.5 Å². The highest BCUT2D eigenvalue weighted by Gasteiger charge is 2.16. The van der Waals surface area contributed by atoms with Gasteiger partial charge < -0.3 is 10.8 Å². The molecule has 5 nitrogen and oxygen atoms in total. The highest BCUT2D eigenvalue weighted by atomic mass is 32.2. The summed E-state index contributed by atoms with van der Waals surface area (Å²) in [7, 11) is -3.70. The van der Waals surface area contributed by atoms with Crippen molar-refractivity contribution in [2.75, 3.05) is 18.9 Å². The van der Waals surface area contributed by atoms with Gasteiger partial charge in [-0.2, -0.15) is 0 Å². The lowest BCUT2D eigenvalue weighted by Gasteiger charge is -2.08. The molecule has 0 aliphatic rings. The van der Waals surface area contributed by atoms with E-state index < -0.39 is 15.8 Å². The number of aliphatic hydroxyl groups is 1. The maximum atomic E-state index is 13.2. The van der Waals surface area contributed by atoms with Gasteiger partial charge in [-0.1, -0.05) is 0 Å². The molecule has 7 heteroatoms. The van der Waals surface area contributed by atoms with Crippen LogP contribution in [0.5, 0.6) is 0 Å². The molecule has 0 aliphatic heterocycles. The Kier molecular flexibility index (Phi) is 4.44. The first kappa shape index (κ1) is 13.9. The molecule has 0 unspecified atom stereocenters. The number of nitrogens with two attached hydrogens (primary N) is 1. The number of aryl methyl sites for hydroxylation is 1. The summed E-state index contributed by atoms with van der Waals surface area (Å²) in [5.41, 5.74) is 5.34. The number of anilines is 1. The molecule has 0 aliphatic carbocycles.